The first kappa shape index (κ1) is 33.3. The summed E-state index contributed by atoms with van der Waals surface area (Å²) in [5, 5.41) is 8.35. The van der Waals surface area contributed by atoms with Gasteiger partial charge in [-0.3, -0.25) is 19.2 Å². The third-order valence-electron chi connectivity index (χ3n) is 10.0. The molecule has 5 N–H and O–H groups in total. The zero-order valence-electron chi connectivity index (χ0n) is 26.5. The van der Waals surface area contributed by atoms with Gasteiger partial charge < -0.3 is 31.3 Å². The van der Waals surface area contributed by atoms with E-state index in [1.165, 1.54) is 4.90 Å². The second-order valence-electron chi connectivity index (χ2n) is 14.7. The minimum Gasteiger partial charge on any atom is -0.451 e. The molecule has 1 heterocycles. The van der Waals surface area contributed by atoms with Crippen molar-refractivity contribution in [3.8, 4) is 12.3 Å². The van der Waals surface area contributed by atoms with Gasteiger partial charge in [0, 0.05) is 6.54 Å². The van der Waals surface area contributed by atoms with Gasteiger partial charge in [-0.05, 0) is 47.8 Å². The molecular weight excluding hydrogens is 566 g/mol. The maximum absolute atomic E-state index is 14.2. The smallest absolute Gasteiger partial charge is 0.332 e. The molecule has 0 aromatic carbocycles. The number of urea groups is 1. The van der Waals surface area contributed by atoms with E-state index in [2.05, 4.69) is 21.9 Å². The number of nitrogens with one attached hydrogen (secondary N) is 3. The molecule has 0 bridgehead atoms. The van der Waals surface area contributed by atoms with Crippen molar-refractivity contribution in [2.75, 3.05) is 13.2 Å². The Morgan fingerprint density at radius 1 is 1.05 bits per heavy atom. The summed E-state index contributed by atoms with van der Waals surface area (Å²) in [4.78, 5) is 80.3. The van der Waals surface area contributed by atoms with Gasteiger partial charge in [-0.25, -0.2) is 9.59 Å². The number of Topliss-reactive ketones (excluding diaryl/α,β-unsaturated/α-hetero) is 1. The van der Waals surface area contributed by atoms with Crippen molar-refractivity contribution in [1.29, 1.82) is 0 Å². The summed E-state index contributed by atoms with van der Waals surface area (Å²) in [7, 11) is 0. The number of ether oxygens (including phenoxy) is 1. The predicted octanol–water partition coefficient (Wildman–Crippen LogP) is 1.40. The van der Waals surface area contributed by atoms with E-state index in [1.54, 1.807) is 20.8 Å². The lowest BCUT2D eigenvalue weighted by Crippen LogP contribution is -2.64. The summed E-state index contributed by atoms with van der Waals surface area (Å²) < 4.78 is 5.21. The number of terminal acetylenes is 1. The molecule has 1 unspecified atom stereocenters. The van der Waals surface area contributed by atoms with Crippen LogP contribution in [-0.4, -0.2) is 77.2 Å². The van der Waals surface area contributed by atoms with E-state index in [9.17, 15) is 28.8 Å². The molecule has 4 rings (SSSR count). The maximum atomic E-state index is 14.2. The Balaban J connectivity index is 1.53. The first-order chi connectivity index (χ1) is 20.5. The zero-order chi connectivity index (χ0) is 32.6. The number of hydrogen-bond acceptors (Lipinski definition) is 7. The van der Waals surface area contributed by atoms with E-state index < -0.39 is 64.6 Å². The molecule has 1 aliphatic heterocycles. The number of piperidine rings is 1. The Hall–Kier alpha value is -3.62. The largest absolute Gasteiger partial charge is 0.451 e. The van der Waals surface area contributed by atoms with Crippen LogP contribution in [0.1, 0.15) is 86.0 Å². The monoisotopic (exact) mass is 613 g/mol. The first-order valence-corrected chi connectivity index (χ1v) is 15.7. The predicted molar refractivity (Wildman–Crippen MR) is 160 cm³/mol. The SMILES string of the molecule is C#CCOC(=O)C1(NC(=O)N[C@H](C(=O)N2C[C@H]3[C@@H]([C@H]2C(=O)NC(CC2CC2)C(=O)C(N)=O)C3(C)C)C(C)(C)C)CCCCC1. The summed E-state index contributed by atoms with van der Waals surface area (Å²) in [6.07, 6.45) is 10.5. The molecule has 4 aliphatic rings. The quantitative estimate of drug-likeness (QED) is 0.155. The maximum Gasteiger partial charge on any atom is 0.332 e. The molecule has 5 atom stereocenters. The van der Waals surface area contributed by atoms with E-state index in [0.717, 1.165) is 32.1 Å². The molecule has 5 amide bonds. The number of ketones is 1. The molecule has 44 heavy (non-hydrogen) atoms. The summed E-state index contributed by atoms with van der Waals surface area (Å²) in [6.45, 7) is 9.59. The third kappa shape index (κ3) is 6.87. The van der Waals surface area contributed by atoms with Gasteiger partial charge in [-0.1, -0.05) is 72.6 Å². The minimum atomic E-state index is -1.25. The van der Waals surface area contributed by atoms with Gasteiger partial charge in [-0.2, -0.15) is 0 Å². The average Bonchev–Trinajstić information content (AvgIpc) is 3.80. The number of amides is 5. The van der Waals surface area contributed by atoms with E-state index in [-0.39, 0.29) is 29.8 Å². The van der Waals surface area contributed by atoms with Crippen molar-refractivity contribution < 1.29 is 33.5 Å². The van der Waals surface area contributed by atoms with Crippen molar-refractivity contribution in [2.24, 2.45) is 34.3 Å². The van der Waals surface area contributed by atoms with Crippen LogP contribution in [0.5, 0.6) is 0 Å². The van der Waals surface area contributed by atoms with E-state index in [1.807, 2.05) is 13.8 Å². The molecule has 3 aliphatic carbocycles. The molecule has 0 aromatic rings. The van der Waals surface area contributed by atoms with Crippen LogP contribution in [0.15, 0.2) is 0 Å². The van der Waals surface area contributed by atoms with E-state index in [0.29, 0.717) is 25.8 Å². The molecule has 0 spiro atoms. The van der Waals surface area contributed by atoms with Crippen molar-refractivity contribution in [1.82, 2.24) is 20.9 Å². The lowest BCUT2D eigenvalue weighted by Gasteiger charge is -2.39. The molecule has 0 aromatic heterocycles. The number of likely N-dealkylation sites (tertiary alicyclic amines) is 1. The zero-order valence-corrected chi connectivity index (χ0v) is 26.5. The topological polar surface area (TPSA) is 177 Å². The number of rotatable bonds is 11. The van der Waals surface area contributed by atoms with Crippen LogP contribution in [0, 0.1) is 40.9 Å². The highest BCUT2D eigenvalue weighted by Crippen LogP contribution is 2.65. The van der Waals surface area contributed by atoms with Gasteiger partial charge in [0.15, 0.2) is 6.61 Å². The molecule has 3 saturated carbocycles. The Labute approximate surface area is 259 Å². The number of fused-ring (bicyclic) bond motifs is 1. The Morgan fingerprint density at radius 2 is 1.68 bits per heavy atom. The number of carbonyl (C=O) groups excluding carboxylic acids is 6. The van der Waals surface area contributed by atoms with E-state index in [4.69, 9.17) is 16.9 Å². The molecule has 12 heteroatoms. The Bertz CT molecular complexity index is 1240. The fourth-order valence-electron chi connectivity index (χ4n) is 7.14. The first-order valence-electron chi connectivity index (χ1n) is 15.7. The number of primary amides is 1. The normalized spacial score (nSPS) is 26.2. The van der Waals surface area contributed by atoms with Gasteiger partial charge in [-0.15, -0.1) is 6.42 Å². The molecular formula is C32H47N5O7. The second kappa shape index (κ2) is 12.4. The lowest BCUT2D eigenvalue weighted by molar-refractivity contribution is -0.151. The lowest BCUT2D eigenvalue weighted by atomic mass is 9.81. The second-order valence-corrected chi connectivity index (χ2v) is 14.7. The summed E-state index contributed by atoms with van der Waals surface area (Å²) in [5.41, 5.74) is 3.06. The average molecular weight is 614 g/mol. The van der Waals surface area contributed by atoms with Gasteiger partial charge in [0.05, 0.1) is 6.04 Å². The highest BCUT2D eigenvalue weighted by Gasteiger charge is 2.70. The number of carbonyl (C=O) groups is 6. The van der Waals surface area contributed by atoms with Crippen LogP contribution in [0.25, 0.3) is 0 Å². The van der Waals surface area contributed by atoms with Crippen LogP contribution in [0.3, 0.4) is 0 Å². The van der Waals surface area contributed by atoms with Gasteiger partial charge in [0.1, 0.15) is 17.6 Å². The van der Waals surface area contributed by atoms with E-state index >= 15 is 0 Å². The molecule has 1 saturated heterocycles. The Morgan fingerprint density at radius 3 is 2.23 bits per heavy atom. The Kier molecular flexibility index (Phi) is 9.38. The van der Waals surface area contributed by atoms with Crippen LogP contribution >= 0.6 is 0 Å². The summed E-state index contributed by atoms with van der Waals surface area (Å²) >= 11 is 0. The number of nitrogens with two attached hydrogens (primary N) is 1. The summed E-state index contributed by atoms with van der Waals surface area (Å²) in [6, 6.07) is -3.67. The summed E-state index contributed by atoms with van der Waals surface area (Å²) in [5.74, 6) is -1.10. The van der Waals surface area contributed by atoms with Crippen molar-refractivity contribution >= 4 is 35.5 Å². The van der Waals surface area contributed by atoms with Crippen LogP contribution in [0.4, 0.5) is 4.79 Å². The standard InChI is InChI=1S/C32H47N5O7/c1-7-15-44-28(42)32(13-9-8-10-14-32)36-29(43)35-24(30(2,3)4)27(41)37-17-19-21(31(19,5)6)22(37)26(40)34-20(16-18-11-12-18)23(38)25(33)39/h1,18-22,24H,8-17H2,2-6H3,(H2,33,39)(H,34,40)(H2,35,36,43)/t19-,20?,21-,22-,24+/m0/s1. The van der Waals surface area contributed by atoms with Crippen LogP contribution in [-0.2, 0) is 28.7 Å². The molecule has 12 nitrogen and oxygen atoms in total. The van der Waals surface area contributed by atoms with Gasteiger partial charge in [0.2, 0.25) is 17.6 Å². The molecule has 0 radical (unpaired) electrons. The number of esters is 1. The fraction of sp³-hybridized carbons (Fsp3) is 0.750. The highest BCUT2D eigenvalue weighted by molar-refractivity contribution is 6.37. The minimum absolute atomic E-state index is 0.0572. The number of nitrogens with zero attached hydrogens (tertiary/aromatic N) is 1. The van der Waals surface area contributed by atoms with Gasteiger partial charge in [0.25, 0.3) is 5.91 Å². The van der Waals surface area contributed by atoms with Crippen molar-refractivity contribution in [3.05, 3.63) is 0 Å². The fourth-order valence-corrected chi connectivity index (χ4v) is 7.14. The molecule has 4 fully saturated rings. The van der Waals surface area contributed by atoms with Crippen LogP contribution in [0.2, 0.25) is 0 Å². The highest BCUT2D eigenvalue weighted by atomic mass is 16.5. The van der Waals surface area contributed by atoms with Crippen LogP contribution < -0.4 is 21.7 Å². The molecule has 242 valence electrons. The van der Waals surface area contributed by atoms with Crippen molar-refractivity contribution in [3.63, 3.8) is 0 Å². The van der Waals surface area contributed by atoms with Crippen molar-refractivity contribution in [2.45, 2.75) is 110 Å². The van der Waals surface area contributed by atoms with Gasteiger partial charge >= 0.3 is 12.0 Å². The number of hydrogen-bond donors (Lipinski definition) is 4. The third-order valence-corrected chi connectivity index (χ3v) is 10.0.